The SMILES string of the molecule is Cc1csc(NC(=O)c2cccc3[nH]ccc23)n1. The van der Waals surface area contributed by atoms with E-state index < -0.39 is 0 Å². The first kappa shape index (κ1) is 11.0. The molecule has 5 heteroatoms. The van der Waals surface area contributed by atoms with Crippen molar-refractivity contribution in [2.75, 3.05) is 5.32 Å². The van der Waals surface area contributed by atoms with Crippen LogP contribution in [0.3, 0.4) is 0 Å². The number of carbonyl (C=O) groups excluding carboxylic acids is 1. The second-order valence-corrected chi connectivity index (χ2v) is 4.85. The Balaban J connectivity index is 1.94. The number of aromatic amines is 1. The molecule has 0 bridgehead atoms. The minimum atomic E-state index is -0.130. The van der Waals surface area contributed by atoms with Crippen molar-refractivity contribution < 1.29 is 4.79 Å². The number of carbonyl (C=O) groups is 1. The number of aromatic nitrogens is 2. The summed E-state index contributed by atoms with van der Waals surface area (Å²) in [6.07, 6.45) is 1.83. The van der Waals surface area contributed by atoms with Gasteiger partial charge in [-0.25, -0.2) is 4.98 Å². The third-order valence-corrected chi connectivity index (χ3v) is 3.55. The van der Waals surface area contributed by atoms with E-state index >= 15 is 0 Å². The lowest BCUT2D eigenvalue weighted by Gasteiger charge is -2.03. The van der Waals surface area contributed by atoms with Gasteiger partial charge in [-0.3, -0.25) is 10.1 Å². The predicted molar refractivity (Wildman–Crippen MR) is 73.1 cm³/mol. The Morgan fingerprint density at radius 1 is 1.39 bits per heavy atom. The van der Waals surface area contributed by atoms with E-state index in [2.05, 4.69) is 15.3 Å². The van der Waals surface area contributed by atoms with E-state index in [-0.39, 0.29) is 5.91 Å². The first-order valence-electron chi connectivity index (χ1n) is 5.53. The lowest BCUT2D eigenvalue weighted by Crippen LogP contribution is -2.11. The van der Waals surface area contributed by atoms with Crippen LogP contribution < -0.4 is 5.32 Å². The fourth-order valence-corrected chi connectivity index (χ4v) is 2.54. The van der Waals surface area contributed by atoms with Crippen LogP contribution in [-0.4, -0.2) is 15.9 Å². The molecular formula is C13H11N3OS. The van der Waals surface area contributed by atoms with E-state index in [4.69, 9.17) is 0 Å². The monoisotopic (exact) mass is 257 g/mol. The molecule has 0 aliphatic heterocycles. The number of anilines is 1. The van der Waals surface area contributed by atoms with E-state index in [0.717, 1.165) is 16.6 Å². The lowest BCUT2D eigenvalue weighted by atomic mass is 10.1. The molecule has 0 fully saturated rings. The molecule has 0 spiro atoms. The predicted octanol–water partition coefficient (Wildman–Crippen LogP) is 3.19. The molecule has 0 radical (unpaired) electrons. The minimum absolute atomic E-state index is 0.130. The standard InChI is InChI=1S/C13H11N3OS/c1-8-7-18-13(15-8)16-12(17)10-3-2-4-11-9(10)5-6-14-11/h2-7,14H,1H3,(H,15,16,17). The van der Waals surface area contributed by atoms with Gasteiger partial charge in [-0.2, -0.15) is 0 Å². The molecule has 0 unspecified atom stereocenters. The molecule has 1 amide bonds. The molecule has 2 heterocycles. The highest BCUT2D eigenvalue weighted by Gasteiger charge is 2.11. The highest BCUT2D eigenvalue weighted by atomic mass is 32.1. The average Bonchev–Trinajstić information content (AvgIpc) is 2.97. The second kappa shape index (κ2) is 4.27. The van der Waals surface area contributed by atoms with Crippen molar-refractivity contribution in [1.82, 2.24) is 9.97 Å². The zero-order valence-electron chi connectivity index (χ0n) is 9.73. The van der Waals surface area contributed by atoms with Crippen LogP contribution in [0.1, 0.15) is 16.1 Å². The number of hydrogen-bond acceptors (Lipinski definition) is 3. The van der Waals surface area contributed by atoms with Crippen molar-refractivity contribution >= 4 is 33.3 Å². The molecule has 18 heavy (non-hydrogen) atoms. The Kier molecular flexibility index (Phi) is 2.60. The number of thiazole rings is 1. The fourth-order valence-electron chi connectivity index (χ4n) is 1.86. The summed E-state index contributed by atoms with van der Waals surface area (Å²) in [7, 11) is 0. The molecule has 0 atom stereocenters. The van der Waals surface area contributed by atoms with Crippen LogP contribution in [0.15, 0.2) is 35.8 Å². The Morgan fingerprint density at radius 2 is 2.28 bits per heavy atom. The van der Waals surface area contributed by atoms with Gasteiger partial charge in [-0.15, -0.1) is 11.3 Å². The molecule has 0 aliphatic rings. The third-order valence-electron chi connectivity index (χ3n) is 2.68. The van der Waals surface area contributed by atoms with Gasteiger partial charge in [0.2, 0.25) is 0 Å². The van der Waals surface area contributed by atoms with Gasteiger partial charge in [0, 0.05) is 28.0 Å². The maximum absolute atomic E-state index is 12.2. The zero-order valence-corrected chi connectivity index (χ0v) is 10.5. The number of aryl methyl sites for hydroxylation is 1. The van der Waals surface area contributed by atoms with Crippen LogP contribution in [0, 0.1) is 6.92 Å². The molecule has 4 nitrogen and oxygen atoms in total. The molecule has 2 aromatic heterocycles. The molecule has 0 aliphatic carbocycles. The van der Waals surface area contributed by atoms with Crippen molar-refractivity contribution in [2.45, 2.75) is 6.92 Å². The van der Waals surface area contributed by atoms with Crippen molar-refractivity contribution in [1.29, 1.82) is 0 Å². The molecule has 3 aromatic rings. The van der Waals surface area contributed by atoms with Gasteiger partial charge in [0.15, 0.2) is 5.13 Å². The smallest absolute Gasteiger partial charge is 0.258 e. The molecule has 2 N–H and O–H groups in total. The van der Waals surface area contributed by atoms with Crippen LogP contribution in [0.2, 0.25) is 0 Å². The number of nitrogens with zero attached hydrogens (tertiary/aromatic N) is 1. The number of fused-ring (bicyclic) bond motifs is 1. The summed E-state index contributed by atoms with van der Waals surface area (Å²) in [6, 6.07) is 7.52. The summed E-state index contributed by atoms with van der Waals surface area (Å²) in [4.78, 5) is 19.5. The Bertz CT molecular complexity index is 714. The number of amides is 1. The van der Waals surface area contributed by atoms with E-state index in [0.29, 0.717) is 10.7 Å². The topological polar surface area (TPSA) is 57.8 Å². The van der Waals surface area contributed by atoms with Crippen LogP contribution in [0.4, 0.5) is 5.13 Å². The molecule has 90 valence electrons. The minimum Gasteiger partial charge on any atom is -0.361 e. The normalized spacial score (nSPS) is 10.7. The highest BCUT2D eigenvalue weighted by molar-refractivity contribution is 7.13. The maximum atomic E-state index is 12.2. The molecule has 3 rings (SSSR count). The van der Waals surface area contributed by atoms with Gasteiger partial charge >= 0.3 is 0 Å². The number of hydrogen-bond donors (Lipinski definition) is 2. The summed E-state index contributed by atoms with van der Waals surface area (Å²) >= 11 is 1.43. The first-order chi connectivity index (χ1) is 8.74. The Labute approximate surface area is 108 Å². The quantitative estimate of drug-likeness (QED) is 0.740. The van der Waals surface area contributed by atoms with Gasteiger partial charge in [0.1, 0.15) is 0 Å². The zero-order chi connectivity index (χ0) is 12.5. The number of H-pyrrole nitrogens is 1. The van der Waals surface area contributed by atoms with E-state index in [1.54, 1.807) is 0 Å². The van der Waals surface area contributed by atoms with Gasteiger partial charge in [0.25, 0.3) is 5.91 Å². The largest absolute Gasteiger partial charge is 0.361 e. The summed E-state index contributed by atoms with van der Waals surface area (Å²) in [5, 5.41) is 6.27. The summed E-state index contributed by atoms with van der Waals surface area (Å²) in [5.74, 6) is -0.130. The number of benzene rings is 1. The highest BCUT2D eigenvalue weighted by Crippen LogP contribution is 2.20. The summed E-state index contributed by atoms with van der Waals surface area (Å²) in [6.45, 7) is 1.90. The van der Waals surface area contributed by atoms with Crippen LogP contribution in [-0.2, 0) is 0 Å². The van der Waals surface area contributed by atoms with Crippen molar-refractivity contribution in [2.24, 2.45) is 0 Å². The maximum Gasteiger partial charge on any atom is 0.258 e. The van der Waals surface area contributed by atoms with Gasteiger partial charge in [0.05, 0.1) is 5.69 Å². The van der Waals surface area contributed by atoms with E-state index in [1.807, 2.05) is 42.8 Å². The van der Waals surface area contributed by atoms with Crippen LogP contribution in [0.5, 0.6) is 0 Å². The first-order valence-corrected chi connectivity index (χ1v) is 6.41. The van der Waals surface area contributed by atoms with Crippen LogP contribution >= 0.6 is 11.3 Å². The van der Waals surface area contributed by atoms with Crippen molar-refractivity contribution in [3.8, 4) is 0 Å². The van der Waals surface area contributed by atoms with E-state index in [9.17, 15) is 4.79 Å². The fraction of sp³-hybridized carbons (Fsp3) is 0.0769. The third kappa shape index (κ3) is 1.89. The molecule has 0 saturated heterocycles. The Morgan fingerprint density at radius 3 is 3.06 bits per heavy atom. The summed E-state index contributed by atoms with van der Waals surface area (Å²) in [5.41, 5.74) is 2.52. The Hall–Kier alpha value is -2.14. The number of nitrogens with one attached hydrogen (secondary N) is 2. The van der Waals surface area contributed by atoms with Gasteiger partial charge in [-0.05, 0) is 25.1 Å². The summed E-state index contributed by atoms with van der Waals surface area (Å²) < 4.78 is 0. The van der Waals surface area contributed by atoms with Crippen LogP contribution in [0.25, 0.3) is 10.9 Å². The second-order valence-electron chi connectivity index (χ2n) is 3.99. The molecule has 0 saturated carbocycles. The lowest BCUT2D eigenvalue weighted by molar-refractivity contribution is 0.102. The van der Waals surface area contributed by atoms with E-state index in [1.165, 1.54) is 11.3 Å². The van der Waals surface area contributed by atoms with Crippen molar-refractivity contribution in [3.05, 3.63) is 47.1 Å². The van der Waals surface area contributed by atoms with Gasteiger partial charge < -0.3 is 4.98 Å². The van der Waals surface area contributed by atoms with Gasteiger partial charge in [-0.1, -0.05) is 6.07 Å². The molecule has 1 aromatic carbocycles. The van der Waals surface area contributed by atoms with Crippen molar-refractivity contribution in [3.63, 3.8) is 0 Å². The average molecular weight is 257 g/mol. The molecular weight excluding hydrogens is 246 g/mol. The number of rotatable bonds is 2.